The van der Waals surface area contributed by atoms with Crippen molar-refractivity contribution in [2.75, 3.05) is 12.8 Å². The third-order valence-corrected chi connectivity index (χ3v) is 9.72. The highest BCUT2D eigenvalue weighted by Gasteiger charge is 2.30. The summed E-state index contributed by atoms with van der Waals surface area (Å²) in [4.78, 5) is 16.9. The molecule has 0 spiro atoms. The Morgan fingerprint density at radius 3 is 2.53 bits per heavy atom. The number of hydrogen-bond donors (Lipinski definition) is 1. The van der Waals surface area contributed by atoms with Gasteiger partial charge in [-0.15, -0.1) is 0 Å². The predicted octanol–water partition coefficient (Wildman–Crippen LogP) is 4.07. The summed E-state index contributed by atoms with van der Waals surface area (Å²) >= 11 is 1.34. The van der Waals surface area contributed by atoms with Crippen molar-refractivity contribution in [3.63, 3.8) is 0 Å². The normalized spacial score (nSPS) is 25.9. The van der Waals surface area contributed by atoms with Gasteiger partial charge in [0.05, 0.1) is 10.8 Å². The van der Waals surface area contributed by atoms with E-state index in [1.807, 2.05) is 0 Å². The molecule has 0 aromatic carbocycles. The number of thioether (sulfide) groups is 1. The quantitative estimate of drug-likeness (QED) is 0.630. The minimum atomic E-state index is -3.53. The monoisotopic (exact) mass is 453 g/mol. The lowest BCUT2D eigenvalue weighted by Gasteiger charge is -2.34. The van der Waals surface area contributed by atoms with Gasteiger partial charge in [0.25, 0.3) is 0 Å². The third kappa shape index (κ3) is 5.77. The van der Waals surface area contributed by atoms with Crippen LogP contribution in [0.1, 0.15) is 65.2 Å². The number of amides is 1. The zero-order valence-corrected chi connectivity index (χ0v) is 20.0. The first kappa shape index (κ1) is 23.5. The van der Waals surface area contributed by atoms with Crippen molar-refractivity contribution in [1.29, 1.82) is 0 Å². The summed E-state index contributed by atoms with van der Waals surface area (Å²) < 4.78 is 27.3. The van der Waals surface area contributed by atoms with Gasteiger partial charge >= 0.3 is 0 Å². The van der Waals surface area contributed by atoms with Crippen LogP contribution in [-0.4, -0.2) is 48.5 Å². The van der Waals surface area contributed by atoms with Gasteiger partial charge in [-0.1, -0.05) is 57.7 Å². The number of carbonyl (C=O) groups excluding carboxylic acids is 1. The lowest BCUT2D eigenvalue weighted by atomic mass is 9.78. The summed E-state index contributed by atoms with van der Waals surface area (Å²) in [7, 11) is -1.86. The molecule has 30 heavy (non-hydrogen) atoms. The second kappa shape index (κ2) is 10.5. The SMILES string of the molecule is C[C@H]1[C@H](C)CCC[C@H]1NC(=O)CSc1ccc(S(=O)(=O)N(C)C2CCCCC2)cn1. The number of aromatic nitrogens is 1. The highest BCUT2D eigenvalue weighted by Crippen LogP contribution is 2.30. The number of nitrogens with one attached hydrogen (secondary N) is 1. The van der Waals surface area contributed by atoms with E-state index < -0.39 is 10.0 Å². The number of rotatable bonds is 7. The Balaban J connectivity index is 1.53. The molecule has 2 aliphatic rings. The summed E-state index contributed by atoms with van der Waals surface area (Å²) in [5.41, 5.74) is 0. The molecule has 168 valence electrons. The molecule has 3 rings (SSSR count). The van der Waals surface area contributed by atoms with Gasteiger partial charge in [-0.25, -0.2) is 13.4 Å². The maximum atomic E-state index is 12.9. The molecule has 0 bridgehead atoms. The van der Waals surface area contributed by atoms with E-state index in [0.29, 0.717) is 22.6 Å². The lowest BCUT2D eigenvalue weighted by Crippen LogP contribution is -2.44. The molecule has 0 radical (unpaired) electrons. The van der Waals surface area contributed by atoms with Crippen LogP contribution in [0.15, 0.2) is 28.3 Å². The third-order valence-electron chi connectivity index (χ3n) is 6.88. The number of sulfonamides is 1. The Bertz CT molecular complexity index is 807. The molecule has 1 heterocycles. The molecule has 2 aliphatic carbocycles. The Morgan fingerprint density at radius 1 is 1.13 bits per heavy atom. The fraction of sp³-hybridized carbons (Fsp3) is 0.727. The fourth-order valence-electron chi connectivity index (χ4n) is 4.59. The number of hydrogen-bond acceptors (Lipinski definition) is 5. The van der Waals surface area contributed by atoms with Crippen molar-refractivity contribution in [2.24, 2.45) is 11.8 Å². The zero-order valence-electron chi connectivity index (χ0n) is 18.3. The molecule has 0 saturated heterocycles. The molecule has 1 aromatic rings. The van der Waals surface area contributed by atoms with E-state index in [2.05, 4.69) is 24.1 Å². The molecule has 8 heteroatoms. The second-order valence-electron chi connectivity index (χ2n) is 8.88. The van der Waals surface area contributed by atoms with E-state index in [-0.39, 0.29) is 22.9 Å². The molecule has 1 amide bonds. The van der Waals surface area contributed by atoms with E-state index >= 15 is 0 Å². The first-order chi connectivity index (χ1) is 14.3. The maximum absolute atomic E-state index is 12.9. The van der Waals surface area contributed by atoms with Crippen molar-refractivity contribution in [1.82, 2.24) is 14.6 Å². The van der Waals surface area contributed by atoms with Crippen LogP contribution in [0.5, 0.6) is 0 Å². The highest BCUT2D eigenvalue weighted by molar-refractivity contribution is 7.99. The lowest BCUT2D eigenvalue weighted by molar-refractivity contribution is -0.120. The molecule has 1 aromatic heterocycles. The molecular weight excluding hydrogens is 418 g/mol. The summed E-state index contributed by atoms with van der Waals surface area (Å²) in [6.07, 6.45) is 10.0. The molecule has 2 fully saturated rings. The Labute approximate surface area is 185 Å². The van der Waals surface area contributed by atoms with Gasteiger partial charge in [0.15, 0.2) is 0 Å². The topological polar surface area (TPSA) is 79.4 Å². The van der Waals surface area contributed by atoms with Gasteiger partial charge in [-0.3, -0.25) is 4.79 Å². The van der Waals surface area contributed by atoms with Crippen LogP contribution in [0, 0.1) is 11.8 Å². The van der Waals surface area contributed by atoms with Gasteiger partial charge in [-0.2, -0.15) is 4.31 Å². The molecule has 6 nitrogen and oxygen atoms in total. The first-order valence-electron chi connectivity index (χ1n) is 11.2. The Morgan fingerprint density at radius 2 is 1.87 bits per heavy atom. The average Bonchev–Trinajstić information content (AvgIpc) is 2.76. The van der Waals surface area contributed by atoms with Gasteiger partial charge in [0.2, 0.25) is 15.9 Å². The number of pyridine rings is 1. The van der Waals surface area contributed by atoms with Crippen LogP contribution in [0.2, 0.25) is 0 Å². The molecule has 1 N–H and O–H groups in total. The highest BCUT2D eigenvalue weighted by atomic mass is 32.2. The largest absolute Gasteiger partial charge is 0.352 e. The minimum Gasteiger partial charge on any atom is -0.352 e. The van der Waals surface area contributed by atoms with Crippen LogP contribution >= 0.6 is 11.8 Å². The average molecular weight is 454 g/mol. The van der Waals surface area contributed by atoms with Crippen LogP contribution < -0.4 is 5.32 Å². The standard InChI is InChI=1S/C22H35N3O3S2/c1-16-8-7-11-20(17(16)2)24-21(26)15-29-22-13-12-19(14-23-22)30(27,28)25(3)18-9-5-4-6-10-18/h12-14,16-18,20H,4-11,15H2,1-3H3,(H,24,26)/t16-,17+,20-/m1/s1. The molecular formula is C22H35N3O3S2. The Kier molecular flexibility index (Phi) is 8.21. The van der Waals surface area contributed by atoms with Crippen molar-refractivity contribution < 1.29 is 13.2 Å². The maximum Gasteiger partial charge on any atom is 0.244 e. The van der Waals surface area contributed by atoms with Gasteiger partial charge in [0.1, 0.15) is 4.90 Å². The minimum absolute atomic E-state index is 0.0153. The first-order valence-corrected chi connectivity index (χ1v) is 13.6. The Hall–Kier alpha value is -1.12. The summed E-state index contributed by atoms with van der Waals surface area (Å²) in [5.74, 6) is 1.44. The molecule has 3 atom stereocenters. The van der Waals surface area contributed by atoms with E-state index in [9.17, 15) is 13.2 Å². The number of carbonyl (C=O) groups is 1. The zero-order chi connectivity index (χ0) is 21.7. The molecule has 0 aliphatic heterocycles. The van der Waals surface area contributed by atoms with Crippen LogP contribution in [0.25, 0.3) is 0 Å². The van der Waals surface area contributed by atoms with Crippen molar-refractivity contribution >= 4 is 27.7 Å². The fourth-order valence-corrected chi connectivity index (χ4v) is 6.60. The van der Waals surface area contributed by atoms with Gasteiger partial charge in [0, 0.05) is 25.3 Å². The van der Waals surface area contributed by atoms with Crippen molar-refractivity contribution in [2.45, 2.75) is 87.2 Å². The molecule has 2 saturated carbocycles. The van der Waals surface area contributed by atoms with Crippen molar-refractivity contribution in [3.05, 3.63) is 18.3 Å². The van der Waals surface area contributed by atoms with E-state index in [1.165, 1.54) is 35.1 Å². The smallest absolute Gasteiger partial charge is 0.244 e. The van der Waals surface area contributed by atoms with E-state index in [4.69, 9.17) is 0 Å². The van der Waals surface area contributed by atoms with E-state index in [0.717, 1.165) is 38.5 Å². The predicted molar refractivity (Wildman–Crippen MR) is 121 cm³/mol. The van der Waals surface area contributed by atoms with E-state index in [1.54, 1.807) is 19.2 Å². The molecule has 0 unspecified atom stereocenters. The summed E-state index contributed by atoms with van der Waals surface area (Å²) in [6, 6.07) is 3.63. The summed E-state index contributed by atoms with van der Waals surface area (Å²) in [6.45, 7) is 4.47. The van der Waals surface area contributed by atoms with Gasteiger partial charge < -0.3 is 5.32 Å². The van der Waals surface area contributed by atoms with Gasteiger partial charge in [-0.05, 0) is 43.2 Å². The second-order valence-corrected chi connectivity index (χ2v) is 11.9. The van der Waals surface area contributed by atoms with Crippen molar-refractivity contribution in [3.8, 4) is 0 Å². The summed E-state index contributed by atoms with van der Waals surface area (Å²) in [5, 5.41) is 3.83. The van der Waals surface area contributed by atoms with Crippen LogP contribution in [0.3, 0.4) is 0 Å². The van der Waals surface area contributed by atoms with Crippen LogP contribution in [-0.2, 0) is 14.8 Å². The van der Waals surface area contributed by atoms with Crippen LogP contribution in [0.4, 0.5) is 0 Å². The number of nitrogens with zero attached hydrogens (tertiary/aromatic N) is 2.